The Kier molecular flexibility index (Phi) is 4.01. The van der Waals surface area contributed by atoms with E-state index in [1.54, 1.807) is 0 Å². The first-order valence-corrected chi connectivity index (χ1v) is 8.11. The molecular weight excluding hydrogens is 286 g/mol. The number of aromatic nitrogens is 4. The molecule has 112 valence electrons. The van der Waals surface area contributed by atoms with E-state index in [0.29, 0.717) is 24.2 Å². The zero-order valence-corrected chi connectivity index (χ0v) is 13.1. The number of carbonyl (C=O) groups excluding carboxylic acids is 1. The number of thiazole rings is 1. The fraction of sp³-hybridized carbons (Fsp3) is 0.571. The first kappa shape index (κ1) is 14.2. The molecule has 21 heavy (non-hydrogen) atoms. The Morgan fingerprint density at radius 3 is 2.95 bits per heavy atom. The Balaban J connectivity index is 1.66. The SMILES string of the molecule is CC(C)CN(C(=O)Cc1csc(-c2ncn[nH]2)n1)C1CC1. The molecule has 0 aromatic carbocycles. The highest BCUT2D eigenvalue weighted by Gasteiger charge is 2.32. The largest absolute Gasteiger partial charge is 0.339 e. The quantitative estimate of drug-likeness (QED) is 0.887. The molecular formula is C14H19N5OS. The van der Waals surface area contributed by atoms with E-state index >= 15 is 0 Å². The average molecular weight is 305 g/mol. The van der Waals surface area contributed by atoms with Gasteiger partial charge in [-0.1, -0.05) is 13.8 Å². The van der Waals surface area contributed by atoms with Crippen LogP contribution in [0.4, 0.5) is 0 Å². The minimum absolute atomic E-state index is 0.181. The topological polar surface area (TPSA) is 74.8 Å². The zero-order valence-electron chi connectivity index (χ0n) is 12.2. The Labute approximate surface area is 127 Å². The molecule has 1 aliphatic carbocycles. The second-order valence-electron chi connectivity index (χ2n) is 5.83. The van der Waals surface area contributed by atoms with Gasteiger partial charge in [0.25, 0.3) is 0 Å². The molecule has 1 aliphatic rings. The number of carbonyl (C=O) groups is 1. The molecule has 3 rings (SSSR count). The molecule has 0 radical (unpaired) electrons. The van der Waals surface area contributed by atoms with Crippen molar-refractivity contribution in [2.45, 2.75) is 39.2 Å². The van der Waals surface area contributed by atoms with Crippen LogP contribution in [0.1, 0.15) is 32.4 Å². The molecule has 0 atom stereocenters. The third kappa shape index (κ3) is 3.47. The van der Waals surface area contributed by atoms with Crippen molar-refractivity contribution in [2.24, 2.45) is 5.92 Å². The van der Waals surface area contributed by atoms with Gasteiger partial charge in [-0.25, -0.2) is 9.97 Å². The summed E-state index contributed by atoms with van der Waals surface area (Å²) in [4.78, 5) is 23.1. The maximum absolute atomic E-state index is 12.5. The van der Waals surface area contributed by atoms with Crippen LogP contribution in [0.5, 0.6) is 0 Å². The van der Waals surface area contributed by atoms with Gasteiger partial charge in [-0.05, 0) is 18.8 Å². The van der Waals surface area contributed by atoms with Crippen LogP contribution >= 0.6 is 11.3 Å². The van der Waals surface area contributed by atoms with Crippen molar-refractivity contribution in [3.63, 3.8) is 0 Å². The van der Waals surface area contributed by atoms with E-state index < -0.39 is 0 Å². The normalized spacial score (nSPS) is 14.6. The number of H-pyrrole nitrogens is 1. The second kappa shape index (κ2) is 5.93. The number of nitrogens with zero attached hydrogens (tertiary/aromatic N) is 4. The molecule has 6 nitrogen and oxygen atoms in total. The third-order valence-corrected chi connectivity index (χ3v) is 4.27. The van der Waals surface area contributed by atoms with Gasteiger partial charge in [-0.3, -0.25) is 9.89 Å². The van der Waals surface area contributed by atoms with Crippen LogP contribution in [-0.2, 0) is 11.2 Å². The van der Waals surface area contributed by atoms with E-state index in [1.807, 2.05) is 10.3 Å². The lowest BCUT2D eigenvalue weighted by Crippen LogP contribution is -2.37. The number of hydrogen-bond donors (Lipinski definition) is 1. The van der Waals surface area contributed by atoms with Gasteiger partial charge < -0.3 is 4.90 Å². The average Bonchev–Trinajstić information content (AvgIpc) is 2.94. The number of nitrogens with one attached hydrogen (secondary N) is 1. The van der Waals surface area contributed by atoms with Gasteiger partial charge in [-0.2, -0.15) is 5.10 Å². The lowest BCUT2D eigenvalue weighted by Gasteiger charge is -2.24. The van der Waals surface area contributed by atoms with Crippen molar-refractivity contribution < 1.29 is 4.79 Å². The fourth-order valence-corrected chi connectivity index (χ4v) is 3.06. The van der Waals surface area contributed by atoms with Crippen molar-refractivity contribution in [1.82, 2.24) is 25.1 Å². The van der Waals surface area contributed by atoms with E-state index in [-0.39, 0.29) is 5.91 Å². The Morgan fingerprint density at radius 1 is 1.52 bits per heavy atom. The van der Waals surface area contributed by atoms with Gasteiger partial charge in [0.2, 0.25) is 5.91 Å². The molecule has 7 heteroatoms. The Hall–Kier alpha value is -1.76. The van der Waals surface area contributed by atoms with E-state index in [1.165, 1.54) is 17.7 Å². The minimum Gasteiger partial charge on any atom is -0.339 e. The lowest BCUT2D eigenvalue weighted by molar-refractivity contribution is -0.131. The summed E-state index contributed by atoms with van der Waals surface area (Å²) >= 11 is 1.48. The standard InChI is InChI=1S/C14H19N5OS/c1-9(2)6-19(11-3-4-11)12(20)5-10-7-21-14(17-10)13-15-8-16-18-13/h7-9,11H,3-6H2,1-2H3,(H,15,16,18). The Bertz CT molecular complexity index is 603. The predicted octanol–water partition coefficient (Wildman–Crippen LogP) is 2.12. The van der Waals surface area contributed by atoms with Gasteiger partial charge in [0, 0.05) is 18.0 Å². The highest BCUT2D eigenvalue weighted by atomic mass is 32.1. The maximum atomic E-state index is 12.5. The molecule has 0 bridgehead atoms. The van der Waals surface area contributed by atoms with Crippen LogP contribution in [0.25, 0.3) is 10.8 Å². The van der Waals surface area contributed by atoms with Crippen molar-refractivity contribution in [3.05, 3.63) is 17.4 Å². The zero-order chi connectivity index (χ0) is 14.8. The summed E-state index contributed by atoms with van der Waals surface area (Å²) in [6.45, 7) is 5.13. The molecule has 2 aromatic heterocycles. The Morgan fingerprint density at radius 2 is 2.33 bits per heavy atom. The van der Waals surface area contributed by atoms with Gasteiger partial charge in [0.15, 0.2) is 10.8 Å². The molecule has 1 fully saturated rings. The molecule has 1 saturated carbocycles. The van der Waals surface area contributed by atoms with Crippen molar-refractivity contribution in [3.8, 4) is 10.8 Å². The van der Waals surface area contributed by atoms with Gasteiger partial charge in [0.05, 0.1) is 12.1 Å². The van der Waals surface area contributed by atoms with Crippen molar-refractivity contribution in [1.29, 1.82) is 0 Å². The third-order valence-electron chi connectivity index (χ3n) is 3.37. The molecule has 0 saturated heterocycles. The number of rotatable bonds is 6. The summed E-state index contributed by atoms with van der Waals surface area (Å²) in [5.41, 5.74) is 0.811. The fourth-order valence-electron chi connectivity index (χ4n) is 2.30. The summed E-state index contributed by atoms with van der Waals surface area (Å²) in [5, 5.41) is 9.31. The van der Waals surface area contributed by atoms with Gasteiger partial charge in [-0.15, -0.1) is 11.3 Å². The first-order chi connectivity index (χ1) is 10.1. The van der Waals surface area contributed by atoms with E-state index in [2.05, 4.69) is 34.0 Å². The molecule has 2 heterocycles. The number of aromatic amines is 1. The van der Waals surface area contributed by atoms with Crippen LogP contribution in [0.15, 0.2) is 11.7 Å². The van der Waals surface area contributed by atoms with Gasteiger partial charge in [0.1, 0.15) is 6.33 Å². The van der Waals surface area contributed by atoms with E-state index in [0.717, 1.165) is 30.1 Å². The highest BCUT2D eigenvalue weighted by molar-refractivity contribution is 7.13. The van der Waals surface area contributed by atoms with Crippen LogP contribution < -0.4 is 0 Å². The highest BCUT2D eigenvalue weighted by Crippen LogP contribution is 2.28. The summed E-state index contributed by atoms with van der Waals surface area (Å²) in [6, 6.07) is 0.451. The smallest absolute Gasteiger partial charge is 0.228 e. The van der Waals surface area contributed by atoms with Crippen LogP contribution in [0, 0.1) is 5.92 Å². The van der Waals surface area contributed by atoms with Crippen LogP contribution in [-0.4, -0.2) is 43.6 Å². The molecule has 0 spiro atoms. The number of hydrogen-bond acceptors (Lipinski definition) is 5. The van der Waals surface area contributed by atoms with Crippen molar-refractivity contribution in [2.75, 3.05) is 6.54 Å². The first-order valence-electron chi connectivity index (χ1n) is 7.23. The number of amides is 1. The van der Waals surface area contributed by atoms with E-state index in [9.17, 15) is 4.79 Å². The second-order valence-corrected chi connectivity index (χ2v) is 6.68. The van der Waals surface area contributed by atoms with E-state index in [4.69, 9.17) is 0 Å². The monoisotopic (exact) mass is 305 g/mol. The molecule has 2 aromatic rings. The van der Waals surface area contributed by atoms with Crippen LogP contribution in [0.2, 0.25) is 0 Å². The summed E-state index contributed by atoms with van der Waals surface area (Å²) in [6.07, 6.45) is 4.10. The predicted molar refractivity (Wildman–Crippen MR) is 80.8 cm³/mol. The molecule has 1 N–H and O–H groups in total. The van der Waals surface area contributed by atoms with Crippen LogP contribution in [0.3, 0.4) is 0 Å². The summed E-state index contributed by atoms with van der Waals surface area (Å²) < 4.78 is 0. The molecule has 0 unspecified atom stereocenters. The molecule has 0 aliphatic heterocycles. The van der Waals surface area contributed by atoms with Gasteiger partial charge >= 0.3 is 0 Å². The molecule has 1 amide bonds. The summed E-state index contributed by atoms with van der Waals surface area (Å²) in [5.74, 6) is 1.33. The minimum atomic E-state index is 0.181. The van der Waals surface area contributed by atoms with Crippen molar-refractivity contribution >= 4 is 17.2 Å². The summed E-state index contributed by atoms with van der Waals surface area (Å²) in [7, 11) is 0. The lowest BCUT2D eigenvalue weighted by atomic mass is 10.2. The maximum Gasteiger partial charge on any atom is 0.228 e.